The van der Waals surface area contributed by atoms with E-state index in [9.17, 15) is 4.79 Å². The molecule has 2 rings (SSSR count). The van der Waals surface area contributed by atoms with E-state index < -0.39 is 0 Å². The Hall–Kier alpha value is -1.72. The Labute approximate surface area is 135 Å². The minimum absolute atomic E-state index is 0.0260. The van der Waals surface area contributed by atoms with Crippen LogP contribution < -0.4 is 11.1 Å². The average Bonchev–Trinajstić information content (AvgIpc) is 2.88. The molecule has 2 aromatic rings. The SMILES string of the molecule is Cc1ccc(-c2nc(C)c(C(C)NC(=O)CCCN)s2)cc1. The van der Waals surface area contributed by atoms with Crippen LogP contribution in [-0.2, 0) is 4.79 Å². The number of hydrogen-bond donors (Lipinski definition) is 2. The maximum Gasteiger partial charge on any atom is 0.220 e. The van der Waals surface area contributed by atoms with Gasteiger partial charge in [0, 0.05) is 12.0 Å². The fourth-order valence-corrected chi connectivity index (χ4v) is 3.35. The van der Waals surface area contributed by atoms with Crippen LogP contribution in [0, 0.1) is 13.8 Å². The van der Waals surface area contributed by atoms with Crippen molar-refractivity contribution in [2.45, 2.75) is 39.7 Å². The van der Waals surface area contributed by atoms with Gasteiger partial charge >= 0.3 is 0 Å². The van der Waals surface area contributed by atoms with Crippen LogP contribution in [0.2, 0.25) is 0 Å². The Morgan fingerprint density at radius 3 is 2.64 bits per heavy atom. The topological polar surface area (TPSA) is 68.0 Å². The van der Waals surface area contributed by atoms with Crippen LogP contribution in [0.3, 0.4) is 0 Å². The first-order valence-corrected chi connectivity index (χ1v) is 8.36. The molecule has 0 bridgehead atoms. The first-order chi connectivity index (χ1) is 10.5. The van der Waals surface area contributed by atoms with Crippen LogP contribution >= 0.6 is 11.3 Å². The molecule has 1 atom stereocenters. The van der Waals surface area contributed by atoms with E-state index in [1.807, 2.05) is 13.8 Å². The standard InChI is InChI=1S/C17H23N3OS/c1-11-6-8-14(9-7-11)17-20-13(3)16(22-17)12(2)19-15(21)5-4-10-18/h6-9,12H,4-5,10,18H2,1-3H3,(H,19,21). The van der Waals surface area contributed by atoms with Crippen molar-refractivity contribution in [3.63, 3.8) is 0 Å². The van der Waals surface area contributed by atoms with Crippen LogP contribution in [0.25, 0.3) is 10.6 Å². The van der Waals surface area contributed by atoms with Gasteiger partial charge in [0.1, 0.15) is 5.01 Å². The Bertz CT molecular complexity index is 634. The van der Waals surface area contributed by atoms with Crippen molar-refractivity contribution in [2.75, 3.05) is 6.54 Å². The molecule has 0 fully saturated rings. The summed E-state index contributed by atoms with van der Waals surface area (Å²) >= 11 is 1.64. The van der Waals surface area contributed by atoms with E-state index in [-0.39, 0.29) is 11.9 Å². The smallest absolute Gasteiger partial charge is 0.220 e. The van der Waals surface area contributed by atoms with Crippen LogP contribution in [0.5, 0.6) is 0 Å². The summed E-state index contributed by atoms with van der Waals surface area (Å²) in [6.07, 6.45) is 1.19. The number of aromatic nitrogens is 1. The summed E-state index contributed by atoms with van der Waals surface area (Å²) in [7, 11) is 0. The van der Waals surface area contributed by atoms with Crippen molar-refractivity contribution in [3.8, 4) is 10.6 Å². The zero-order valence-electron chi connectivity index (χ0n) is 13.3. The molecule has 5 heteroatoms. The number of nitrogens with zero attached hydrogens (tertiary/aromatic N) is 1. The number of amides is 1. The lowest BCUT2D eigenvalue weighted by Gasteiger charge is -2.12. The van der Waals surface area contributed by atoms with E-state index in [0.29, 0.717) is 13.0 Å². The fourth-order valence-electron chi connectivity index (χ4n) is 2.27. The van der Waals surface area contributed by atoms with Gasteiger partial charge in [0.05, 0.1) is 16.6 Å². The molecule has 3 N–H and O–H groups in total. The minimum Gasteiger partial charge on any atom is -0.349 e. The van der Waals surface area contributed by atoms with Gasteiger partial charge in [-0.05, 0) is 33.7 Å². The van der Waals surface area contributed by atoms with Crippen molar-refractivity contribution in [2.24, 2.45) is 5.73 Å². The van der Waals surface area contributed by atoms with Crippen LogP contribution in [-0.4, -0.2) is 17.4 Å². The second-order valence-electron chi connectivity index (χ2n) is 5.52. The molecule has 0 saturated carbocycles. The number of rotatable bonds is 6. The van der Waals surface area contributed by atoms with Gasteiger partial charge in [-0.25, -0.2) is 4.98 Å². The van der Waals surface area contributed by atoms with Crippen molar-refractivity contribution in [1.29, 1.82) is 0 Å². The summed E-state index contributed by atoms with van der Waals surface area (Å²) in [4.78, 5) is 17.6. The Kier molecular flexibility index (Phi) is 5.69. The lowest BCUT2D eigenvalue weighted by Crippen LogP contribution is -2.26. The summed E-state index contributed by atoms with van der Waals surface area (Å²) in [5, 5.41) is 4.02. The summed E-state index contributed by atoms with van der Waals surface area (Å²) in [6.45, 7) is 6.60. The third-order valence-corrected chi connectivity index (χ3v) is 4.90. The monoisotopic (exact) mass is 317 g/mol. The number of carbonyl (C=O) groups excluding carboxylic acids is 1. The third kappa shape index (κ3) is 4.15. The molecular weight excluding hydrogens is 294 g/mol. The normalized spacial score (nSPS) is 12.2. The van der Waals surface area contributed by atoms with Gasteiger partial charge in [0.15, 0.2) is 0 Å². The molecular formula is C17H23N3OS. The summed E-state index contributed by atoms with van der Waals surface area (Å²) in [5.74, 6) is 0.0441. The number of nitrogens with two attached hydrogens (primary N) is 1. The molecule has 118 valence electrons. The van der Waals surface area contributed by atoms with E-state index in [2.05, 4.69) is 41.5 Å². The fraction of sp³-hybridized carbons (Fsp3) is 0.412. The summed E-state index contributed by atoms with van der Waals surface area (Å²) in [5.41, 5.74) is 8.76. The molecule has 0 radical (unpaired) electrons. The number of aryl methyl sites for hydroxylation is 2. The van der Waals surface area contributed by atoms with Gasteiger partial charge in [-0.3, -0.25) is 4.79 Å². The average molecular weight is 317 g/mol. The first-order valence-electron chi connectivity index (χ1n) is 7.55. The Balaban J connectivity index is 2.12. The summed E-state index contributed by atoms with van der Waals surface area (Å²) < 4.78 is 0. The van der Waals surface area contributed by atoms with E-state index >= 15 is 0 Å². The second-order valence-corrected chi connectivity index (χ2v) is 6.55. The lowest BCUT2D eigenvalue weighted by atomic mass is 10.2. The molecule has 22 heavy (non-hydrogen) atoms. The van der Waals surface area contributed by atoms with Gasteiger partial charge in [-0.15, -0.1) is 11.3 Å². The number of hydrogen-bond acceptors (Lipinski definition) is 4. The molecule has 0 aliphatic rings. The van der Waals surface area contributed by atoms with Gasteiger partial charge in [0.25, 0.3) is 0 Å². The maximum atomic E-state index is 11.8. The molecule has 1 aromatic heterocycles. The second kappa shape index (κ2) is 7.51. The first kappa shape index (κ1) is 16.6. The molecule has 1 heterocycles. The quantitative estimate of drug-likeness (QED) is 0.858. The number of benzene rings is 1. The predicted octanol–water partition coefficient (Wildman–Crippen LogP) is 3.34. The van der Waals surface area contributed by atoms with E-state index in [1.54, 1.807) is 11.3 Å². The molecule has 1 unspecified atom stereocenters. The highest BCUT2D eigenvalue weighted by Crippen LogP contribution is 2.31. The van der Waals surface area contributed by atoms with Gasteiger partial charge in [-0.2, -0.15) is 0 Å². The highest BCUT2D eigenvalue weighted by molar-refractivity contribution is 7.15. The minimum atomic E-state index is -0.0260. The summed E-state index contributed by atoms with van der Waals surface area (Å²) in [6, 6.07) is 8.32. The zero-order chi connectivity index (χ0) is 16.1. The molecule has 0 saturated heterocycles. The highest BCUT2D eigenvalue weighted by atomic mass is 32.1. The lowest BCUT2D eigenvalue weighted by molar-refractivity contribution is -0.121. The number of nitrogens with one attached hydrogen (secondary N) is 1. The van der Waals surface area contributed by atoms with Crippen molar-refractivity contribution in [3.05, 3.63) is 40.4 Å². The third-order valence-electron chi connectivity index (χ3n) is 3.51. The number of thiazole rings is 1. The van der Waals surface area contributed by atoms with Gasteiger partial charge < -0.3 is 11.1 Å². The molecule has 0 aliphatic heterocycles. The Morgan fingerprint density at radius 2 is 2.00 bits per heavy atom. The maximum absolute atomic E-state index is 11.8. The van der Waals surface area contributed by atoms with Crippen LogP contribution in [0.1, 0.15) is 41.9 Å². The molecule has 1 aromatic carbocycles. The van der Waals surface area contributed by atoms with Crippen molar-refractivity contribution in [1.82, 2.24) is 10.3 Å². The van der Waals surface area contributed by atoms with Crippen molar-refractivity contribution >= 4 is 17.2 Å². The highest BCUT2D eigenvalue weighted by Gasteiger charge is 2.17. The zero-order valence-corrected chi connectivity index (χ0v) is 14.2. The van der Waals surface area contributed by atoms with E-state index in [0.717, 1.165) is 27.6 Å². The van der Waals surface area contributed by atoms with E-state index in [4.69, 9.17) is 5.73 Å². The van der Waals surface area contributed by atoms with Gasteiger partial charge in [0.2, 0.25) is 5.91 Å². The Morgan fingerprint density at radius 1 is 1.32 bits per heavy atom. The molecule has 0 aliphatic carbocycles. The van der Waals surface area contributed by atoms with Gasteiger partial charge in [-0.1, -0.05) is 29.8 Å². The van der Waals surface area contributed by atoms with E-state index in [1.165, 1.54) is 5.56 Å². The van der Waals surface area contributed by atoms with Crippen LogP contribution in [0.4, 0.5) is 0 Å². The largest absolute Gasteiger partial charge is 0.349 e. The molecule has 1 amide bonds. The predicted molar refractivity (Wildman–Crippen MR) is 91.9 cm³/mol. The van der Waals surface area contributed by atoms with Crippen molar-refractivity contribution < 1.29 is 4.79 Å². The molecule has 0 spiro atoms. The molecule has 4 nitrogen and oxygen atoms in total. The van der Waals surface area contributed by atoms with Crippen LogP contribution in [0.15, 0.2) is 24.3 Å². The number of carbonyl (C=O) groups is 1.